The zero-order valence-electron chi connectivity index (χ0n) is 9.04. The summed E-state index contributed by atoms with van der Waals surface area (Å²) >= 11 is 11.7. The topological polar surface area (TPSA) is 41.5 Å². The molecule has 1 atom stereocenters. The van der Waals surface area contributed by atoms with Gasteiger partial charge in [-0.3, -0.25) is 0 Å². The van der Waals surface area contributed by atoms with Gasteiger partial charge in [0.15, 0.2) is 0 Å². The maximum Gasteiger partial charge on any atom is 0.138 e. The minimum atomic E-state index is -0.549. The van der Waals surface area contributed by atoms with Gasteiger partial charge in [0.05, 0.1) is 5.02 Å². The molecule has 2 N–H and O–H groups in total. The Morgan fingerprint density at radius 2 is 2.19 bits per heavy atom. The monoisotopic (exact) mass is 263 g/mol. The number of hydrogen-bond donors (Lipinski definition) is 2. The molecule has 90 valence electrons. The fourth-order valence-electron chi connectivity index (χ4n) is 1.15. The molecule has 1 unspecified atom stereocenters. The molecule has 0 saturated carbocycles. The largest absolute Gasteiger partial charge is 0.489 e. The van der Waals surface area contributed by atoms with Crippen molar-refractivity contribution in [3.05, 3.63) is 28.2 Å². The van der Waals surface area contributed by atoms with Gasteiger partial charge in [-0.05, 0) is 24.7 Å². The highest BCUT2D eigenvalue weighted by Gasteiger charge is 2.07. The second kappa shape index (κ2) is 6.97. The Balaban J connectivity index is 2.42. The molecule has 0 radical (unpaired) electrons. The fraction of sp³-hybridized carbons (Fsp3) is 0.455. The van der Waals surface area contributed by atoms with Crippen LogP contribution in [0.15, 0.2) is 18.2 Å². The number of likely N-dealkylation sites (N-methyl/N-ethyl adjacent to an activating group) is 1. The standard InChI is InChI=1S/C11H15Cl2NO2/c1-2-14-6-9(15)7-16-11-4-3-8(12)5-10(11)13/h3-5,9,14-15H,2,6-7H2,1H3. The van der Waals surface area contributed by atoms with Gasteiger partial charge in [0.25, 0.3) is 0 Å². The first-order chi connectivity index (χ1) is 7.63. The van der Waals surface area contributed by atoms with Crippen LogP contribution in [0.1, 0.15) is 6.92 Å². The summed E-state index contributed by atoms with van der Waals surface area (Å²) in [6.07, 6.45) is -0.549. The smallest absolute Gasteiger partial charge is 0.138 e. The summed E-state index contributed by atoms with van der Waals surface area (Å²) in [5.74, 6) is 0.529. The molecule has 0 saturated heterocycles. The fourth-order valence-corrected chi connectivity index (χ4v) is 1.61. The van der Waals surface area contributed by atoms with Gasteiger partial charge in [0.2, 0.25) is 0 Å². The summed E-state index contributed by atoms with van der Waals surface area (Å²) in [5, 5.41) is 13.6. The molecule has 16 heavy (non-hydrogen) atoms. The van der Waals surface area contributed by atoms with Gasteiger partial charge in [-0.1, -0.05) is 30.1 Å². The summed E-state index contributed by atoms with van der Waals surface area (Å²) in [6.45, 7) is 3.50. The summed E-state index contributed by atoms with van der Waals surface area (Å²) in [5.41, 5.74) is 0. The van der Waals surface area contributed by atoms with E-state index in [1.54, 1.807) is 18.2 Å². The van der Waals surface area contributed by atoms with Crippen molar-refractivity contribution >= 4 is 23.2 Å². The molecule has 1 aromatic rings. The molecular formula is C11H15Cl2NO2. The third-order valence-electron chi connectivity index (χ3n) is 1.96. The van der Waals surface area contributed by atoms with E-state index < -0.39 is 6.10 Å². The molecule has 5 heteroatoms. The Kier molecular flexibility index (Phi) is 5.91. The van der Waals surface area contributed by atoms with Crippen molar-refractivity contribution in [3.63, 3.8) is 0 Å². The second-order valence-electron chi connectivity index (χ2n) is 3.35. The summed E-state index contributed by atoms with van der Waals surface area (Å²) in [6, 6.07) is 4.99. The average molecular weight is 264 g/mol. The molecule has 0 aromatic heterocycles. The maximum atomic E-state index is 9.53. The lowest BCUT2D eigenvalue weighted by atomic mass is 10.3. The molecular weight excluding hydrogens is 249 g/mol. The van der Waals surface area contributed by atoms with Crippen LogP contribution >= 0.6 is 23.2 Å². The number of ether oxygens (including phenoxy) is 1. The van der Waals surface area contributed by atoms with Crippen LogP contribution in [0.2, 0.25) is 10.0 Å². The number of nitrogens with one attached hydrogen (secondary N) is 1. The van der Waals surface area contributed by atoms with E-state index in [2.05, 4.69) is 5.32 Å². The Labute approximate surface area is 105 Å². The van der Waals surface area contributed by atoms with Crippen LogP contribution in [0.3, 0.4) is 0 Å². The summed E-state index contributed by atoms with van der Waals surface area (Å²) in [7, 11) is 0. The van der Waals surface area contributed by atoms with Gasteiger partial charge in [-0.25, -0.2) is 0 Å². The van der Waals surface area contributed by atoms with Crippen LogP contribution in [0.25, 0.3) is 0 Å². The highest BCUT2D eigenvalue weighted by atomic mass is 35.5. The van der Waals surface area contributed by atoms with Gasteiger partial charge in [-0.2, -0.15) is 0 Å². The van der Waals surface area contributed by atoms with E-state index in [-0.39, 0.29) is 6.61 Å². The SMILES string of the molecule is CCNCC(O)COc1ccc(Cl)cc1Cl. The van der Waals surface area contributed by atoms with E-state index in [1.165, 1.54) is 0 Å². The van der Waals surface area contributed by atoms with Crippen LogP contribution in [-0.2, 0) is 0 Å². The predicted molar refractivity (Wildman–Crippen MR) is 66.5 cm³/mol. The second-order valence-corrected chi connectivity index (χ2v) is 4.19. The molecule has 0 spiro atoms. The van der Waals surface area contributed by atoms with Crippen molar-refractivity contribution in [2.75, 3.05) is 19.7 Å². The number of aliphatic hydroxyl groups is 1. The number of rotatable bonds is 6. The van der Waals surface area contributed by atoms with Gasteiger partial charge in [-0.15, -0.1) is 0 Å². The lowest BCUT2D eigenvalue weighted by Gasteiger charge is -2.13. The molecule has 0 aliphatic heterocycles. The van der Waals surface area contributed by atoms with Crippen molar-refractivity contribution in [2.24, 2.45) is 0 Å². The van der Waals surface area contributed by atoms with Gasteiger partial charge in [0, 0.05) is 11.6 Å². The van der Waals surface area contributed by atoms with Crippen LogP contribution in [-0.4, -0.2) is 30.9 Å². The van der Waals surface area contributed by atoms with Gasteiger partial charge in [0.1, 0.15) is 18.5 Å². The van der Waals surface area contributed by atoms with Crippen LogP contribution in [0.4, 0.5) is 0 Å². The van der Waals surface area contributed by atoms with E-state index in [0.717, 1.165) is 6.54 Å². The Bertz CT molecular complexity index is 334. The quantitative estimate of drug-likeness (QED) is 0.828. The average Bonchev–Trinajstić information content (AvgIpc) is 2.25. The molecule has 0 bridgehead atoms. The Morgan fingerprint density at radius 3 is 2.81 bits per heavy atom. The normalized spacial score (nSPS) is 12.5. The first-order valence-electron chi connectivity index (χ1n) is 5.10. The predicted octanol–water partition coefficient (Wildman–Crippen LogP) is 2.34. The van der Waals surface area contributed by atoms with E-state index in [4.69, 9.17) is 27.9 Å². The molecule has 0 aliphatic carbocycles. The highest BCUT2D eigenvalue weighted by molar-refractivity contribution is 6.35. The number of aliphatic hydroxyl groups excluding tert-OH is 1. The van der Waals surface area contributed by atoms with Crippen molar-refractivity contribution in [1.29, 1.82) is 0 Å². The molecule has 0 amide bonds. The Hall–Kier alpha value is -0.480. The number of benzene rings is 1. The lowest BCUT2D eigenvalue weighted by molar-refractivity contribution is 0.107. The van der Waals surface area contributed by atoms with Crippen LogP contribution < -0.4 is 10.1 Å². The molecule has 0 heterocycles. The van der Waals surface area contributed by atoms with Crippen molar-refractivity contribution in [2.45, 2.75) is 13.0 Å². The summed E-state index contributed by atoms with van der Waals surface area (Å²) in [4.78, 5) is 0. The minimum absolute atomic E-state index is 0.203. The molecule has 0 aliphatic rings. The van der Waals surface area contributed by atoms with E-state index in [0.29, 0.717) is 22.3 Å². The van der Waals surface area contributed by atoms with Crippen molar-refractivity contribution in [1.82, 2.24) is 5.32 Å². The van der Waals surface area contributed by atoms with E-state index in [9.17, 15) is 5.11 Å². The first kappa shape index (κ1) is 13.6. The van der Waals surface area contributed by atoms with E-state index in [1.807, 2.05) is 6.92 Å². The third-order valence-corrected chi connectivity index (χ3v) is 2.49. The molecule has 3 nitrogen and oxygen atoms in total. The first-order valence-corrected chi connectivity index (χ1v) is 5.85. The molecule has 0 fully saturated rings. The van der Waals surface area contributed by atoms with Gasteiger partial charge >= 0.3 is 0 Å². The van der Waals surface area contributed by atoms with Crippen LogP contribution in [0.5, 0.6) is 5.75 Å². The molecule has 1 rings (SSSR count). The highest BCUT2D eigenvalue weighted by Crippen LogP contribution is 2.27. The van der Waals surface area contributed by atoms with Crippen molar-refractivity contribution in [3.8, 4) is 5.75 Å². The summed E-state index contributed by atoms with van der Waals surface area (Å²) < 4.78 is 5.37. The van der Waals surface area contributed by atoms with Crippen molar-refractivity contribution < 1.29 is 9.84 Å². The lowest BCUT2D eigenvalue weighted by Crippen LogP contribution is -2.31. The zero-order chi connectivity index (χ0) is 12.0. The number of halogens is 2. The Morgan fingerprint density at radius 1 is 1.44 bits per heavy atom. The number of hydrogen-bond acceptors (Lipinski definition) is 3. The zero-order valence-corrected chi connectivity index (χ0v) is 10.6. The third kappa shape index (κ3) is 4.58. The van der Waals surface area contributed by atoms with Crippen LogP contribution in [0, 0.1) is 0 Å². The minimum Gasteiger partial charge on any atom is -0.489 e. The van der Waals surface area contributed by atoms with E-state index >= 15 is 0 Å². The van der Waals surface area contributed by atoms with Gasteiger partial charge < -0.3 is 15.2 Å². The maximum absolute atomic E-state index is 9.53. The molecule has 1 aromatic carbocycles.